The molecular weight excluding hydrogens is 292 g/mol. The molecule has 0 saturated carbocycles. The second kappa shape index (κ2) is 10.2. The minimum absolute atomic E-state index is 0.0222. The summed E-state index contributed by atoms with van der Waals surface area (Å²) in [5.41, 5.74) is 1.98. The second-order valence-electron chi connectivity index (χ2n) is 4.78. The van der Waals surface area contributed by atoms with Gasteiger partial charge in [-0.1, -0.05) is 0 Å². The summed E-state index contributed by atoms with van der Waals surface area (Å²) in [5.74, 6) is -0.420. The first-order valence-electron chi connectivity index (χ1n) is 7.65. The highest BCUT2D eigenvalue weighted by molar-refractivity contribution is 5.97. The standard InChI is InChI=1S/C17H24N4O2/c1-4-21(5-2)16-8-6-15(7-9-16)20-13-14(12-18)17(22)19-10-11-23-3/h6-9,13,20H,4-5,10-11H2,1-3H3,(H,19,22)/b14-13-. The fourth-order valence-electron chi connectivity index (χ4n) is 2.02. The van der Waals surface area contributed by atoms with Gasteiger partial charge in [-0.2, -0.15) is 5.26 Å². The van der Waals surface area contributed by atoms with Crippen molar-refractivity contribution in [3.8, 4) is 6.07 Å². The SMILES string of the molecule is CCN(CC)c1ccc(N/C=C(/C#N)C(=O)NCCOC)cc1. The molecule has 0 aliphatic carbocycles. The molecule has 0 heterocycles. The van der Waals surface area contributed by atoms with E-state index >= 15 is 0 Å². The predicted molar refractivity (Wildman–Crippen MR) is 92.2 cm³/mol. The molecule has 0 radical (unpaired) electrons. The molecular formula is C17H24N4O2. The molecule has 0 aliphatic heterocycles. The monoisotopic (exact) mass is 316 g/mol. The van der Waals surface area contributed by atoms with E-state index < -0.39 is 5.91 Å². The second-order valence-corrected chi connectivity index (χ2v) is 4.78. The van der Waals surface area contributed by atoms with Crippen LogP contribution in [0, 0.1) is 11.3 Å². The van der Waals surface area contributed by atoms with Crippen LogP contribution in [0.4, 0.5) is 11.4 Å². The maximum atomic E-state index is 11.8. The molecule has 124 valence electrons. The highest BCUT2D eigenvalue weighted by Crippen LogP contribution is 2.17. The van der Waals surface area contributed by atoms with E-state index in [2.05, 4.69) is 29.4 Å². The normalized spacial score (nSPS) is 10.8. The van der Waals surface area contributed by atoms with Crippen molar-refractivity contribution >= 4 is 17.3 Å². The molecule has 0 aliphatic rings. The van der Waals surface area contributed by atoms with Crippen molar-refractivity contribution in [1.29, 1.82) is 5.26 Å². The van der Waals surface area contributed by atoms with Gasteiger partial charge in [-0.15, -0.1) is 0 Å². The zero-order chi connectivity index (χ0) is 17.1. The molecule has 6 nitrogen and oxygen atoms in total. The summed E-state index contributed by atoms with van der Waals surface area (Å²) < 4.78 is 4.85. The average molecular weight is 316 g/mol. The Kier molecular flexibility index (Phi) is 8.25. The molecule has 1 rings (SSSR count). The maximum absolute atomic E-state index is 11.8. The van der Waals surface area contributed by atoms with Gasteiger partial charge in [0, 0.05) is 44.3 Å². The van der Waals surface area contributed by atoms with E-state index in [4.69, 9.17) is 10.00 Å². The predicted octanol–water partition coefficient (Wildman–Crippen LogP) is 2.11. The van der Waals surface area contributed by atoms with Gasteiger partial charge >= 0.3 is 0 Å². The van der Waals surface area contributed by atoms with Crippen LogP contribution < -0.4 is 15.5 Å². The number of hydrogen-bond acceptors (Lipinski definition) is 5. The Morgan fingerprint density at radius 1 is 1.30 bits per heavy atom. The topological polar surface area (TPSA) is 77.4 Å². The highest BCUT2D eigenvalue weighted by atomic mass is 16.5. The number of nitrogens with zero attached hydrogens (tertiary/aromatic N) is 2. The summed E-state index contributed by atoms with van der Waals surface area (Å²) in [6.45, 7) is 6.89. The largest absolute Gasteiger partial charge is 0.383 e. The summed E-state index contributed by atoms with van der Waals surface area (Å²) in [5, 5.41) is 14.6. The Labute approximate surface area is 137 Å². The Balaban J connectivity index is 2.67. The zero-order valence-corrected chi connectivity index (χ0v) is 13.9. The van der Waals surface area contributed by atoms with Crippen molar-refractivity contribution < 1.29 is 9.53 Å². The number of rotatable bonds is 9. The van der Waals surface area contributed by atoms with Gasteiger partial charge in [-0.05, 0) is 38.1 Å². The first kappa shape index (κ1) is 18.5. The third-order valence-corrected chi connectivity index (χ3v) is 3.34. The Morgan fingerprint density at radius 3 is 2.48 bits per heavy atom. The Morgan fingerprint density at radius 2 is 1.96 bits per heavy atom. The molecule has 0 spiro atoms. The van der Waals surface area contributed by atoms with Crippen LogP contribution in [0.1, 0.15) is 13.8 Å². The van der Waals surface area contributed by atoms with Crippen LogP contribution >= 0.6 is 0 Å². The smallest absolute Gasteiger partial charge is 0.263 e. The number of nitrogens with one attached hydrogen (secondary N) is 2. The van der Waals surface area contributed by atoms with Gasteiger partial charge in [-0.25, -0.2) is 0 Å². The van der Waals surface area contributed by atoms with Gasteiger partial charge in [0.15, 0.2) is 0 Å². The van der Waals surface area contributed by atoms with Crippen LogP contribution in [0.15, 0.2) is 36.0 Å². The van der Waals surface area contributed by atoms with Crippen molar-refractivity contribution in [1.82, 2.24) is 5.32 Å². The highest BCUT2D eigenvalue weighted by Gasteiger charge is 2.07. The number of carbonyl (C=O) groups excluding carboxylic acids is 1. The van der Waals surface area contributed by atoms with E-state index in [0.29, 0.717) is 13.2 Å². The number of carbonyl (C=O) groups is 1. The van der Waals surface area contributed by atoms with Crippen LogP contribution in [0.5, 0.6) is 0 Å². The third-order valence-electron chi connectivity index (χ3n) is 3.34. The molecule has 0 atom stereocenters. The van der Waals surface area contributed by atoms with Crippen LogP contribution in [-0.4, -0.2) is 39.3 Å². The van der Waals surface area contributed by atoms with Crippen LogP contribution in [-0.2, 0) is 9.53 Å². The van der Waals surface area contributed by atoms with Gasteiger partial charge in [0.25, 0.3) is 5.91 Å². The first-order chi connectivity index (χ1) is 11.2. The summed E-state index contributed by atoms with van der Waals surface area (Å²) in [6, 6.07) is 9.74. The quantitative estimate of drug-likeness (QED) is 0.414. The number of methoxy groups -OCH3 is 1. The van der Waals surface area contributed by atoms with E-state index in [1.807, 2.05) is 30.3 Å². The van der Waals surface area contributed by atoms with Gasteiger partial charge in [0.1, 0.15) is 11.6 Å². The third kappa shape index (κ3) is 6.01. The van der Waals surface area contributed by atoms with E-state index in [0.717, 1.165) is 24.5 Å². The average Bonchev–Trinajstić information content (AvgIpc) is 2.58. The lowest BCUT2D eigenvalue weighted by molar-refractivity contribution is -0.117. The number of benzene rings is 1. The van der Waals surface area contributed by atoms with Crippen molar-refractivity contribution in [2.75, 3.05) is 43.6 Å². The first-order valence-corrected chi connectivity index (χ1v) is 7.65. The lowest BCUT2D eigenvalue weighted by atomic mass is 10.2. The van der Waals surface area contributed by atoms with Gasteiger partial charge in [-0.3, -0.25) is 4.79 Å². The molecule has 0 fully saturated rings. The number of ether oxygens (including phenoxy) is 1. The Hall–Kier alpha value is -2.52. The Bertz CT molecular complexity index is 557. The van der Waals surface area contributed by atoms with Gasteiger partial charge in [0.05, 0.1) is 6.61 Å². The molecule has 1 amide bonds. The van der Waals surface area contributed by atoms with Gasteiger partial charge in [0.2, 0.25) is 0 Å². The summed E-state index contributed by atoms with van der Waals surface area (Å²) in [6.07, 6.45) is 1.41. The van der Waals surface area contributed by atoms with Crippen molar-refractivity contribution in [2.45, 2.75) is 13.8 Å². The summed E-state index contributed by atoms with van der Waals surface area (Å²) in [4.78, 5) is 14.0. The van der Waals surface area contributed by atoms with Crippen molar-refractivity contribution in [3.63, 3.8) is 0 Å². The summed E-state index contributed by atoms with van der Waals surface area (Å²) in [7, 11) is 1.55. The molecule has 0 aromatic heterocycles. The van der Waals surface area contributed by atoms with E-state index in [9.17, 15) is 4.79 Å². The molecule has 2 N–H and O–H groups in total. The number of nitriles is 1. The van der Waals surface area contributed by atoms with Gasteiger partial charge < -0.3 is 20.3 Å². The van der Waals surface area contributed by atoms with Crippen LogP contribution in [0.2, 0.25) is 0 Å². The van der Waals surface area contributed by atoms with E-state index in [1.165, 1.54) is 6.20 Å². The van der Waals surface area contributed by atoms with Crippen LogP contribution in [0.25, 0.3) is 0 Å². The van der Waals surface area contributed by atoms with E-state index in [-0.39, 0.29) is 5.57 Å². The summed E-state index contributed by atoms with van der Waals surface area (Å²) >= 11 is 0. The molecule has 1 aromatic carbocycles. The van der Waals surface area contributed by atoms with Crippen LogP contribution in [0.3, 0.4) is 0 Å². The molecule has 6 heteroatoms. The fraction of sp³-hybridized carbons (Fsp3) is 0.412. The minimum Gasteiger partial charge on any atom is -0.383 e. The number of anilines is 2. The fourth-order valence-corrected chi connectivity index (χ4v) is 2.02. The lowest BCUT2D eigenvalue weighted by Gasteiger charge is -2.21. The molecule has 0 saturated heterocycles. The lowest BCUT2D eigenvalue weighted by Crippen LogP contribution is -2.28. The minimum atomic E-state index is -0.420. The molecule has 1 aromatic rings. The zero-order valence-electron chi connectivity index (χ0n) is 13.9. The number of amides is 1. The van der Waals surface area contributed by atoms with E-state index in [1.54, 1.807) is 7.11 Å². The molecule has 23 heavy (non-hydrogen) atoms. The molecule has 0 bridgehead atoms. The van der Waals surface area contributed by atoms with Crippen molar-refractivity contribution in [3.05, 3.63) is 36.0 Å². The molecule has 0 unspecified atom stereocenters. The maximum Gasteiger partial charge on any atom is 0.263 e. The van der Waals surface area contributed by atoms with Crippen molar-refractivity contribution in [2.24, 2.45) is 0 Å². The number of hydrogen-bond donors (Lipinski definition) is 2.